The lowest BCUT2D eigenvalue weighted by Crippen LogP contribution is -2.27. The molecule has 0 saturated heterocycles. The Morgan fingerprint density at radius 2 is 2.28 bits per heavy atom. The maximum absolute atomic E-state index is 11.5. The summed E-state index contributed by atoms with van der Waals surface area (Å²) in [6.07, 6.45) is 4.11. The lowest BCUT2D eigenvalue weighted by atomic mass is 10.3. The van der Waals surface area contributed by atoms with Crippen molar-refractivity contribution < 1.29 is 9.53 Å². The predicted octanol–water partition coefficient (Wildman–Crippen LogP) is 0.874. The number of amides is 1. The smallest absolute Gasteiger partial charge is 0.221 e. The summed E-state index contributed by atoms with van der Waals surface area (Å²) >= 11 is 0. The van der Waals surface area contributed by atoms with Gasteiger partial charge in [0.05, 0.1) is 12.7 Å². The summed E-state index contributed by atoms with van der Waals surface area (Å²) in [5.41, 5.74) is 0.850. The van der Waals surface area contributed by atoms with Gasteiger partial charge in [0.15, 0.2) is 0 Å². The Balaban J connectivity index is 1.80. The fourth-order valence-electron chi connectivity index (χ4n) is 1.64. The highest BCUT2D eigenvalue weighted by atomic mass is 16.5. The van der Waals surface area contributed by atoms with Crippen LogP contribution in [0, 0.1) is 6.92 Å². The van der Waals surface area contributed by atoms with Gasteiger partial charge in [-0.25, -0.2) is 9.97 Å². The standard InChI is InChI=1S/C12H18N4O2/c1-8-11(14-7-15-12(8)18-2)13-6-5-10(17)16-9-3-4-9/h7,9H,3-6H2,1-2H3,(H,16,17)(H,13,14,15). The number of anilines is 1. The number of aromatic nitrogens is 2. The van der Waals surface area contributed by atoms with Crippen LogP contribution in [-0.4, -0.2) is 35.6 Å². The third-order valence-corrected chi connectivity index (χ3v) is 2.82. The van der Waals surface area contributed by atoms with Crippen LogP contribution in [0.3, 0.4) is 0 Å². The second kappa shape index (κ2) is 5.66. The van der Waals surface area contributed by atoms with Gasteiger partial charge in [0, 0.05) is 19.0 Å². The quantitative estimate of drug-likeness (QED) is 0.783. The second-order valence-electron chi connectivity index (χ2n) is 4.38. The summed E-state index contributed by atoms with van der Waals surface area (Å²) < 4.78 is 5.10. The van der Waals surface area contributed by atoms with Crippen LogP contribution in [0.4, 0.5) is 5.82 Å². The molecule has 1 aliphatic carbocycles. The number of ether oxygens (including phenoxy) is 1. The highest BCUT2D eigenvalue weighted by Gasteiger charge is 2.22. The Bertz CT molecular complexity index is 432. The molecule has 0 spiro atoms. The lowest BCUT2D eigenvalue weighted by Gasteiger charge is -2.10. The number of hydrogen-bond donors (Lipinski definition) is 2. The summed E-state index contributed by atoms with van der Waals surface area (Å²) in [6.45, 7) is 2.44. The van der Waals surface area contributed by atoms with Crippen LogP contribution in [0.15, 0.2) is 6.33 Å². The van der Waals surface area contributed by atoms with Crippen LogP contribution >= 0.6 is 0 Å². The number of carbonyl (C=O) groups is 1. The van der Waals surface area contributed by atoms with Gasteiger partial charge in [-0.05, 0) is 19.8 Å². The Kier molecular flexibility index (Phi) is 3.96. The molecule has 18 heavy (non-hydrogen) atoms. The van der Waals surface area contributed by atoms with Crippen LogP contribution in [0.1, 0.15) is 24.8 Å². The predicted molar refractivity (Wildman–Crippen MR) is 67.6 cm³/mol. The van der Waals surface area contributed by atoms with Crippen molar-refractivity contribution >= 4 is 11.7 Å². The topological polar surface area (TPSA) is 76.1 Å². The van der Waals surface area contributed by atoms with Gasteiger partial charge in [-0.2, -0.15) is 0 Å². The van der Waals surface area contributed by atoms with Crippen LogP contribution < -0.4 is 15.4 Å². The van der Waals surface area contributed by atoms with Crippen LogP contribution in [-0.2, 0) is 4.79 Å². The number of methoxy groups -OCH3 is 1. The van der Waals surface area contributed by atoms with E-state index >= 15 is 0 Å². The molecule has 6 nitrogen and oxygen atoms in total. The van der Waals surface area contributed by atoms with E-state index in [4.69, 9.17) is 4.74 Å². The first-order valence-corrected chi connectivity index (χ1v) is 6.09. The van der Waals surface area contributed by atoms with Crippen molar-refractivity contribution in [3.05, 3.63) is 11.9 Å². The van der Waals surface area contributed by atoms with Gasteiger partial charge >= 0.3 is 0 Å². The maximum atomic E-state index is 11.5. The van der Waals surface area contributed by atoms with E-state index in [2.05, 4.69) is 20.6 Å². The van der Waals surface area contributed by atoms with E-state index in [0.29, 0.717) is 30.7 Å². The molecule has 0 bridgehead atoms. The van der Waals surface area contributed by atoms with Crippen molar-refractivity contribution in [2.45, 2.75) is 32.2 Å². The van der Waals surface area contributed by atoms with Gasteiger partial charge in [0.25, 0.3) is 0 Å². The Morgan fingerprint density at radius 1 is 1.50 bits per heavy atom. The Labute approximate surface area is 106 Å². The SMILES string of the molecule is COc1ncnc(NCCC(=O)NC2CC2)c1C. The second-order valence-corrected chi connectivity index (χ2v) is 4.38. The van der Waals surface area contributed by atoms with Crippen molar-refractivity contribution in [1.82, 2.24) is 15.3 Å². The third-order valence-electron chi connectivity index (χ3n) is 2.82. The van der Waals surface area contributed by atoms with Crippen LogP contribution in [0.2, 0.25) is 0 Å². The molecule has 98 valence electrons. The van der Waals surface area contributed by atoms with Crippen molar-refractivity contribution in [1.29, 1.82) is 0 Å². The summed E-state index contributed by atoms with van der Waals surface area (Å²) in [4.78, 5) is 19.6. The van der Waals surface area contributed by atoms with E-state index in [-0.39, 0.29) is 5.91 Å². The molecule has 2 rings (SSSR count). The molecule has 0 aliphatic heterocycles. The fraction of sp³-hybridized carbons (Fsp3) is 0.583. The van der Waals surface area contributed by atoms with E-state index in [1.807, 2.05) is 6.92 Å². The van der Waals surface area contributed by atoms with Gasteiger partial charge < -0.3 is 15.4 Å². The number of rotatable bonds is 6. The summed E-state index contributed by atoms with van der Waals surface area (Å²) in [7, 11) is 1.57. The molecular formula is C12H18N4O2. The maximum Gasteiger partial charge on any atom is 0.221 e. The van der Waals surface area contributed by atoms with Crippen molar-refractivity contribution in [2.75, 3.05) is 19.0 Å². The molecule has 0 atom stereocenters. The molecule has 1 heterocycles. The highest BCUT2D eigenvalue weighted by Crippen LogP contribution is 2.20. The minimum absolute atomic E-state index is 0.0867. The number of carbonyl (C=O) groups excluding carboxylic acids is 1. The molecule has 1 aliphatic rings. The molecule has 0 radical (unpaired) electrons. The molecule has 6 heteroatoms. The summed E-state index contributed by atoms with van der Waals surface area (Å²) in [6, 6.07) is 0.415. The van der Waals surface area contributed by atoms with E-state index in [9.17, 15) is 4.79 Å². The first kappa shape index (κ1) is 12.6. The zero-order chi connectivity index (χ0) is 13.0. The third kappa shape index (κ3) is 3.32. The largest absolute Gasteiger partial charge is 0.481 e. The highest BCUT2D eigenvalue weighted by molar-refractivity contribution is 5.77. The number of nitrogens with zero attached hydrogens (tertiary/aromatic N) is 2. The van der Waals surface area contributed by atoms with Gasteiger partial charge in [-0.3, -0.25) is 4.79 Å². The van der Waals surface area contributed by atoms with Gasteiger partial charge in [0.2, 0.25) is 11.8 Å². The van der Waals surface area contributed by atoms with Crippen molar-refractivity contribution in [3.8, 4) is 5.88 Å². The zero-order valence-electron chi connectivity index (χ0n) is 10.7. The van der Waals surface area contributed by atoms with E-state index in [1.165, 1.54) is 6.33 Å². The number of nitrogens with one attached hydrogen (secondary N) is 2. The summed E-state index contributed by atoms with van der Waals surface area (Å²) in [5, 5.41) is 6.06. The minimum atomic E-state index is 0.0867. The minimum Gasteiger partial charge on any atom is -0.481 e. The Hall–Kier alpha value is -1.85. The molecule has 1 aromatic rings. The van der Waals surface area contributed by atoms with Gasteiger partial charge in [-0.1, -0.05) is 0 Å². The van der Waals surface area contributed by atoms with Crippen molar-refractivity contribution in [3.63, 3.8) is 0 Å². The fourth-order valence-corrected chi connectivity index (χ4v) is 1.64. The first-order chi connectivity index (χ1) is 8.70. The molecule has 2 N–H and O–H groups in total. The van der Waals surface area contributed by atoms with E-state index in [0.717, 1.165) is 18.4 Å². The molecule has 1 fully saturated rings. The Morgan fingerprint density at radius 3 is 2.94 bits per heavy atom. The zero-order valence-corrected chi connectivity index (χ0v) is 10.7. The van der Waals surface area contributed by atoms with Crippen molar-refractivity contribution in [2.24, 2.45) is 0 Å². The first-order valence-electron chi connectivity index (χ1n) is 6.09. The lowest BCUT2D eigenvalue weighted by molar-refractivity contribution is -0.120. The average molecular weight is 250 g/mol. The normalized spacial score (nSPS) is 14.1. The molecule has 1 amide bonds. The van der Waals surface area contributed by atoms with E-state index in [1.54, 1.807) is 7.11 Å². The molecule has 0 aromatic carbocycles. The molecule has 1 aromatic heterocycles. The van der Waals surface area contributed by atoms with E-state index < -0.39 is 0 Å². The van der Waals surface area contributed by atoms with Crippen LogP contribution in [0.25, 0.3) is 0 Å². The molecule has 0 unspecified atom stereocenters. The summed E-state index contributed by atoms with van der Waals surface area (Å²) in [5.74, 6) is 1.35. The average Bonchev–Trinajstić information content (AvgIpc) is 3.15. The van der Waals surface area contributed by atoms with Crippen LogP contribution in [0.5, 0.6) is 5.88 Å². The van der Waals surface area contributed by atoms with Gasteiger partial charge in [-0.15, -0.1) is 0 Å². The molecule has 1 saturated carbocycles. The number of hydrogen-bond acceptors (Lipinski definition) is 5. The molecular weight excluding hydrogens is 232 g/mol. The monoisotopic (exact) mass is 250 g/mol. The van der Waals surface area contributed by atoms with Gasteiger partial charge in [0.1, 0.15) is 12.1 Å².